The number of hydrogen-bond donors (Lipinski definition) is 25. The summed E-state index contributed by atoms with van der Waals surface area (Å²) in [6, 6.07) is -12.6. The fourth-order valence-electron chi connectivity index (χ4n) is 11.5. The van der Waals surface area contributed by atoms with Crippen molar-refractivity contribution in [2.45, 2.75) is 230 Å². The van der Waals surface area contributed by atoms with E-state index in [1.807, 2.05) is 13.8 Å². The van der Waals surface area contributed by atoms with Gasteiger partial charge in [0.2, 0.25) is 70.9 Å². The highest BCUT2D eigenvalue weighted by molar-refractivity contribution is 7.92. The molecule has 3 rings (SSSR count). The smallest absolute Gasteiger partial charge is 0.278 e. The number of nitrogens with one attached hydrogen (secondary N) is 17. The van der Waals surface area contributed by atoms with Gasteiger partial charge in [0.25, 0.3) is 60.6 Å². The Balaban J connectivity index is 0.00000257. The summed E-state index contributed by atoms with van der Waals surface area (Å²) in [4.78, 5) is 158. The van der Waals surface area contributed by atoms with E-state index in [2.05, 4.69) is 94.9 Å². The Labute approximate surface area is 726 Å². The quantitative estimate of drug-likeness (QED) is 0.0166. The van der Waals surface area contributed by atoms with Crippen LogP contribution in [0, 0.1) is 31.6 Å². The van der Waals surface area contributed by atoms with Gasteiger partial charge >= 0.3 is 0 Å². The summed E-state index contributed by atoms with van der Waals surface area (Å²) in [5.74, 6) is -18.9. The third-order valence-electron chi connectivity index (χ3n) is 18.4. The number of nitrogens with two attached hydrogens (primary N) is 1. The zero-order valence-corrected chi connectivity index (χ0v) is 75.7. The van der Waals surface area contributed by atoms with Crippen molar-refractivity contribution < 1.29 is 141 Å². The molecule has 0 spiro atoms. The van der Waals surface area contributed by atoms with Gasteiger partial charge in [-0.05, 0) is 160 Å². The molecule has 56 heteroatoms. The molecular weight excluding hydrogens is 1780 g/mol. The molecule has 13 atom stereocenters. The van der Waals surface area contributed by atoms with Crippen LogP contribution in [0.5, 0.6) is 0 Å². The van der Waals surface area contributed by atoms with Crippen molar-refractivity contribution in [3.05, 3.63) is 35.5 Å². The lowest BCUT2D eigenvalue weighted by Gasteiger charge is -2.29. The topological polar surface area (TPSA) is 791 Å². The number of aliphatic hydroxyl groups is 2. The minimum Gasteiger partial charge on any atom is -0.399 e. The molecule has 0 saturated carbocycles. The molecule has 2 heterocycles. The minimum atomic E-state index is -4.77. The average Bonchev–Trinajstić information content (AvgIpc) is 1.73. The molecule has 26 N–H and O–H groups in total. The SMILES string of the molecule is CC[C@@H](C)CCCCC(=O)N[C@@H](CCNCS(=O)(=O)O)C(=O)N[C@H](C(=O)N[C@@H](CCNCS(=O)(=O)O)C(=O)N[C@H]1CCNC(=O)[C@H]([C@@H](C)O)NC(=O)[C@H](CCNCS(=O)(=O)O)NC(=O)[C@H](CCNCS(=O)(=O)O)NC(=O)[C@H](CC(C)C)NC(=O)[C@@H](CC(C)C)NC(=O)[C@H](CCNCS(=O)(=O)O)NC1=O)[C@@H](C)O.Cc1noc(NS(=O)(=O)c2ccc(N)cc2)c1C. The summed E-state index contributed by atoms with van der Waals surface area (Å²) in [7, 11) is -27.2. The van der Waals surface area contributed by atoms with Crippen molar-refractivity contribution in [2.24, 2.45) is 17.8 Å². The van der Waals surface area contributed by atoms with Gasteiger partial charge in [0.15, 0.2) is 0 Å². The average molecular weight is 1910 g/mol. The molecule has 1 aliphatic rings. The summed E-state index contributed by atoms with van der Waals surface area (Å²) in [5.41, 5.74) is 7.31. The van der Waals surface area contributed by atoms with Crippen LogP contribution in [-0.4, -0.2) is 295 Å². The van der Waals surface area contributed by atoms with Crippen molar-refractivity contribution in [3.63, 3.8) is 0 Å². The van der Waals surface area contributed by atoms with Crippen LogP contribution in [0.15, 0.2) is 33.7 Å². The number of nitrogens with zero attached hydrogens (tertiary/aromatic N) is 1. The zero-order chi connectivity index (χ0) is 95.1. The third kappa shape index (κ3) is 47.7. The highest BCUT2D eigenvalue weighted by atomic mass is 32.2. The lowest BCUT2D eigenvalue weighted by atomic mass is 9.99. The largest absolute Gasteiger partial charge is 0.399 e. The van der Waals surface area contributed by atoms with Gasteiger partial charge in [-0.15, -0.1) is 0 Å². The van der Waals surface area contributed by atoms with Crippen LogP contribution >= 0.6 is 0 Å². The number of carbonyl (C=O) groups excluding carboxylic acids is 11. The first-order valence-corrected chi connectivity index (χ1v) is 49.1. The Morgan fingerprint density at radius 1 is 0.504 bits per heavy atom. The molecule has 0 aliphatic carbocycles. The van der Waals surface area contributed by atoms with E-state index < -0.39 is 304 Å². The highest BCUT2D eigenvalue weighted by Gasteiger charge is 2.39. The Kier molecular flexibility index (Phi) is 48.5. The predicted octanol–water partition coefficient (Wildman–Crippen LogP) is -6.39. The summed E-state index contributed by atoms with van der Waals surface area (Å²) in [6.45, 7) is 12.7. The number of anilines is 2. The zero-order valence-electron chi connectivity index (χ0n) is 70.8. The van der Waals surface area contributed by atoms with Crippen LogP contribution < -0.4 is 95.5 Å². The van der Waals surface area contributed by atoms with E-state index in [1.54, 1.807) is 41.5 Å². The van der Waals surface area contributed by atoms with Gasteiger partial charge in [0.05, 0.1) is 22.8 Å². The van der Waals surface area contributed by atoms with Crippen molar-refractivity contribution >= 4 is 137 Å². The third-order valence-corrected chi connectivity index (χ3v) is 22.6. The summed E-state index contributed by atoms with van der Waals surface area (Å²) < 4.78 is 195. The van der Waals surface area contributed by atoms with E-state index in [4.69, 9.17) is 10.3 Å². The molecule has 11 amide bonds. The van der Waals surface area contributed by atoms with Crippen LogP contribution in [0.2, 0.25) is 0 Å². The second-order valence-electron chi connectivity index (χ2n) is 30.6. The van der Waals surface area contributed by atoms with Gasteiger partial charge in [-0.1, -0.05) is 66.0 Å². The number of sulfonamides is 1. The molecule has 0 unspecified atom stereocenters. The Morgan fingerprint density at radius 2 is 0.904 bits per heavy atom. The number of hydrogen-bond acceptors (Lipinski definition) is 33. The summed E-state index contributed by atoms with van der Waals surface area (Å²) >= 11 is 0. The Bertz CT molecular complexity index is 4610. The number of unbranched alkanes of at least 4 members (excludes halogenated alkanes) is 1. The number of aromatic nitrogens is 1. The van der Waals surface area contributed by atoms with Crippen molar-refractivity contribution in [2.75, 3.05) is 79.1 Å². The number of benzene rings is 1. The second kappa shape index (κ2) is 53.9. The molecule has 1 fully saturated rings. The van der Waals surface area contributed by atoms with Crippen LogP contribution in [-0.2, 0) is 113 Å². The van der Waals surface area contributed by atoms with Crippen LogP contribution in [0.3, 0.4) is 0 Å². The fourth-order valence-corrected chi connectivity index (χ4v) is 14.6. The van der Waals surface area contributed by atoms with Gasteiger partial charge < -0.3 is 106 Å². The van der Waals surface area contributed by atoms with Gasteiger partial charge in [-0.3, -0.25) is 75.5 Å². The van der Waals surface area contributed by atoms with E-state index in [0.29, 0.717) is 35.7 Å². The molecular formula is C69H123N19O31S6. The standard InChI is InChI=1S/C58H110N16O28S5.C11H13N3O3S/c1-9-35(6)12-10-11-13-46(77)65-38(14-20-59-28-103(88,89)90)53(82)74-48(37(8)76)58(87)70-41(17-23-62-31-106(97,98)99)50(79)68-43-19-25-64-57(86)47(36(7)75)73-54(83)42(18-24-63-32-107(100,101)102)67-49(78)39(15-21-60-29-104(91,92)93)69-55(84)44(26-33(2)3)72-56(85)45(27-34(4)5)71-52(81)40(66-51(43)80)16-22-61-30-105(94,95)96;1-7-8(2)13-17-11(7)14-18(15,16)10-5-3-9(12)4-6-10/h33-45,47-48,59-63,75-76H,9-32H2,1-8H3,(H,64,86)(H,65,77)(H,66,80)(H,67,78)(H,68,79)(H,69,84)(H,70,87)(H,71,81)(H,72,85)(H,73,83)(H,74,82)(H,88,89,90)(H,91,92,93)(H,94,95,96)(H,97,98,99)(H,100,101,102);3-6,14H,12H2,1-2H3/t35-,36-,37-,38+,39+,40+,41+,42+,43+,44+,45-,47+,48+;/m1./s1. The highest BCUT2D eigenvalue weighted by Crippen LogP contribution is 2.23. The van der Waals surface area contributed by atoms with E-state index in [9.17, 15) is 136 Å². The summed E-state index contributed by atoms with van der Waals surface area (Å²) in [6.07, 6.45) is -5.23. The number of aliphatic hydroxyl groups excluding tert-OH is 2. The molecule has 2 aromatic rings. The van der Waals surface area contributed by atoms with Crippen LogP contribution in [0.1, 0.15) is 150 Å². The molecule has 125 heavy (non-hydrogen) atoms. The monoisotopic (exact) mass is 1910 g/mol. The maximum Gasteiger partial charge on any atom is 0.278 e. The molecule has 1 aromatic heterocycles. The Morgan fingerprint density at radius 3 is 1.30 bits per heavy atom. The lowest BCUT2D eigenvalue weighted by molar-refractivity contribution is -0.137. The van der Waals surface area contributed by atoms with Crippen LogP contribution in [0.25, 0.3) is 0 Å². The maximum atomic E-state index is 14.9. The first-order valence-electron chi connectivity index (χ1n) is 39.6. The number of nitrogen functional groups attached to an aromatic ring is 1. The fraction of sp³-hybridized carbons (Fsp3) is 0.710. The van der Waals surface area contributed by atoms with E-state index in [1.165, 1.54) is 24.3 Å². The lowest BCUT2D eigenvalue weighted by Crippen LogP contribution is -2.62. The van der Waals surface area contributed by atoms with E-state index in [-0.39, 0.29) is 43.0 Å². The van der Waals surface area contributed by atoms with Gasteiger partial charge in [0, 0.05) is 24.2 Å². The molecule has 50 nitrogen and oxygen atoms in total. The number of aryl methyl sites for hydroxylation is 1. The first kappa shape index (κ1) is 112. The molecule has 716 valence electrons. The van der Waals surface area contributed by atoms with Crippen molar-refractivity contribution in [1.29, 1.82) is 0 Å². The number of rotatable bonds is 47. The number of amides is 11. The number of carbonyl (C=O) groups is 11. The van der Waals surface area contributed by atoms with Gasteiger partial charge in [-0.25, -0.2) is 13.1 Å². The minimum absolute atomic E-state index is 0.0847. The normalized spacial score (nSPS) is 20.1. The molecule has 1 saturated heterocycles. The van der Waals surface area contributed by atoms with Crippen molar-refractivity contribution in [3.8, 4) is 0 Å². The van der Waals surface area contributed by atoms with Crippen molar-refractivity contribution in [1.82, 2.24) is 90.2 Å². The Hall–Kier alpha value is -8.58. The van der Waals surface area contributed by atoms with Gasteiger partial charge in [0.1, 0.15) is 89.8 Å². The predicted molar refractivity (Wildman–Crippen MR) is 450 cm³/mol. The van der Waals surface area contributed by atoms with E-state index in [0.717, 1.165) is 26.7 Å². The first-order chi connectivity index (χ1) is 57.8. The molecule has 0 bridgehead atoms. The maximum absolute atomic E-state index is 14.9. The molecule has 1 aromatic carbocycles. The molecule has 0 radical (unpaired) electrons. The van der Waals surface area contributed by atoms with Crippen LogP contribution in [0.4, 0.5) is 11.6 Å². The molecule has 1 aliphatic heterocycles. The summed E-state index contributed by atoms with van der Waals surface area (Å²) in [5, 5.41) is 63.4. The second-order valence-corrected chi connectivity index (χ2v) is 39.5. The van der Waals surface area contributed by atoms with E-state index >= 15 is 0 Å². The van der Waals surface area contributed by atoms with Gasteiger partial charge in [-0.2, -0.15) is 42.1 Å².